The summed E-state index contributed by atoms with van der Waals surface area (Å²) >= 11 is 3.46. The van der Waals surface area contributed by atoms with E-state index in [1.54, 1.807) is 0 Å². The van der Waals surface area contributed by atoms with E-state index in [9.17, 15) is 4.79 Å². The van der Waals surface area contributed by atoms with Crippen molar-refractivity contribution in [2.45, 2.75) is 38.6 Å². The number of hydrogen-bond acceptors (Lipinski definition) is 1. The second-order valence-corrected chi connectivity index (χ2v) is 6.83. The molecule has 1 aromatic heterocycles. The minimum Gasteiger partial charge on any atom is -0.339 e. The summed E-state index contributed by atoms with van der Waals surface area (Å²) < 4.78 is 3.03. The first-order chi connectivity index (χ1) is 10.0. The maximum absolute atomic E-state index is 12.5. The Kier molecular flexibility index (Phi) is 3.89. The van der Waals surface area contributed by atoms with Crippen LogP contribution in [0.4, 0.5) is 5.69 Å². The molecule has 0 saturated heterocycles. The lowest BCUT2D eigenvalue weighted by molar-refractivity contribution is 0.101. The molecule has 0 spiro atoms. The Hall–Kier alpha value is -1.55. The molecule has 110 valence electrons. The van der Waals surface area contributed by atoms with Gasteiger partial charge in [0.2, 0.25) is 0 Å². The van der Waals surface area contributed by atoms with E-state index in [1.807, 2.05) is 30.5 Å². The van der Waals surface area contributed by atoms with E-state index in [4.69, 9.17) is 0 Å². The van der Waals surface area contributed by atoms with Crippen molar-refractivity contribution < 1.29 is 4.79 Å². The van der Waals surface area contributed by atoms with Gasteiger partial charge in [-0.15, -0.1) is 0 Å². The van der Waals surface area contributed by atoms with Gasteiger partial charge >= 0.3 is 0 Å². The molecule has 21 heavy (non-hydrogen) atoms. The van der Waals surface area contributed by atoms with Crippen LogP contribution in [-0.4, -0.2) is 10.5 Å². The maximum atomic E-state index is 12.5. The summed E-state index contributed by atoms with van der Waals surface area (Å²) in [5, 5.41) is 3.01. The number of hydrogen-bond donors (Lipinski definition) is 1. The number of carbonyl (C=O) groups excluding carboxylic acids is 1. The fourth-order valence-electron chi connectivity index (χ4n) is 2.45. The molecule has 1 aromatic carbocycles. The number of aromatic nitrogens is 1. The predicted molar refractivity (Wildman–Crippen MR) is 88.9 cm³/mol. The monoisotopic (exact) mass is 346 g/mol. The molecular formula is C17H19BrN2O. The van der Waals surface area contributed by atoms with E-state index >= 15 is 0 Å². The van der Waals surface area contributed by atoms with Gasteiger partial charge in [-0.3, -0.25) is 4.79 Å². The van der Waals surface area contributed by atoms with Crippen LogP contribution in [0.5, 0.6) is 0 Å². The zero-order chi connectivity index (χ0) is 15.0. The highest BCUT2D eigenvalue weighted by Crippen LogP contribution is 2.37. The summed E-state index contributed by atoms with van der Waals surface area (Å²) in [6, 6.07) is 10.4. The quantitative estimate of drug-likeness (QED) is 0.833. The second kappa shape index (κ2) is 5.68. The van der Waals surface area contributed by atoms with E-state index < -0.39 is 0 Å². The number of rotatable bonds is 4. The zero-order valence-electron chi connectivity index (χ0n) is 12.3. The van der Waals surface area contributed by atoms with E-state index in [-0.39, 0.29) is 5.91 Å². The first-order valence-corrected chi connectivity index (χ1v) is 8.12. The summed E-state index contributed by atoms with van der Waals surface area (Å²) in [5.74, 6) is 0.403. The van der Waals surface area contributed by atoms with Gasteiger partial charge in [0.25, 0.3) is 5.91 Å². The average molecular weight is 347 g/mol. The average Bonchev–Trinajstić information content (AvgIpc) is 3.21. The molecule has 4 heteroatoms. The third kappa shape index (κ3) is 3.21. The predicted octanol–water partition coefficient (Wildman–Crippen LogP) is 4.96. The van der Waals surface area contributed by atoms with Gasteiger partial charge in [-0.1, -0.05) is 26.0 Å². The van der Waals surface area contributed by atoms with Crippen LogP contribution in [0.1, 0.15) is 54.7 Å². The van der Waals surface area contributed by atoms with Gasteiger partial charge in [0.1, 0.15) is 5.69 Å². The Bertz CT molecular complexity index is 671. The Balaban J connectivity index is 1.81. The number of benzene rings is 1. The molecule has 3 nitrogen and oxygen atoms in total. The van der Waals surface area contributed by atoms with E-state index in [0.29, 0.717) is 12.0 Å². The fraction of sp³-hybridized carbons (Fsp3) is 0.353. The molecule has 3 rings (SSSR count). The maximum Gasteiger partial charge on any atom is 0.272 e. The largest absolute Gasteiger partial charge is 0.339 e. The van der Waals surface area contributed by atoms with Gasteiger partial charge in [-0.25, -0.2) is 0 Å². The summed E-state index contributed by atoms with van der Waals surface area (Å²) in [6.07, 6.45) is 4.31. The van der Waals surface area contributed by atoms with Crippen LogP contribution in [0, 0.1) is 0 Å². The van der Waals surface area contributed by atoms with Crippen LogP contribution in [0.15, 0.2) is 41.0 Å². The summed E-state index contributed by atoms with van der Waals surface area (Å²) in [4.78, 5) is 12.5. The lowest BCUT2D eigenvalue weighted by Gasteiger charge is -2.11. The highest BCUT2D eigenvalue weighted by Gasteiger charge is 2.27. The third-order valence-electron chi connectivity index (χ3n) is 3.80. The Morgan fingerprint density at radius 1 is 1.33 bits per heavy atom. The van der Waals surface area contributed by atoms with Crippen molar-refractivity contribution in [1.29, 1.82) is 0 Å². The summed E-state index contributed by atoms with van der Waals surface area (Å²) in [6.45, 7) is 4.30. The number of amides is 1. The molecular weight excluding hydrogens is 328 g/mol. The zero-order valence-corrected chi connectivity index (χ0v) is 13.9. The lowest BCUT2D eigenvalue weighted by Crippen LogP contribution is -2.16. The van der Waals surface area contributed by atoms with Crippen LogP contribution in [0.25, 0.3) is 0 Å². The van der Waals surface area contributed by atoms with Crippen LogP contribution < -0.4 is 5.32 Å². The molecule has 0 bridgehead atoms. The van der Waals surface area contributed by atoms with E-state index in [0.717, 1.165) is 28.7 Å². The second-order valence-electron chi connectivity index (χ2n) is 5.92. The van der Waals surface area contributed by atoms with Gasteiger partial charge in [-0.2, -0.15) is 0 Å². The molecule has 0 aliphatic heterocycles. The molecule has 1 amide bonds. The number of nitrogens with zero attached hydrogens (tertiary/aromatic N) is 1. The molecule has 0 unspecified atom stereocenters. The van der Waals surface area contributed by atoms with Gasteiger partial charge < -0.3 is 9.88 Å². The molecule has 2 aromatic rings. The SMILES string of the molecule is CC(C)c1cccc(NC(=O)c2cc(Br)cn2C2CC2)c1. The molecule has 1 saturated carbocycles. The highest BCUT2D eigenvalue weighted by molar-refractivity contribution is 9.10. The van der Waals surface area contributed by atoms with Crippen LogP contribution in [0.3, 0.4) is 0 Å². The van der Waals surface area contributed by atoms with Gasteiger partial charge in [0.15, 0.2) is 0 Å². The van der Waals surface area contributed by atoms with Gasteiger partial charge in [0, 0.05) is 22.4 Å². The number of halogens is 1. The van der Waals surface area contributed by atoms with Crippen molar-refractivity contribution >= 4 is 27.5 Å². The minimum atomic E-state index is -0.0477. The summed E-state index contributed by atoms with van der Waals surface area (Å²) in [7, 11) is 0. The standard InChI is InChI=1S/C17H19BrN2O/c1-11(2)12-4-3-5-14(8-12)19-17(21)16-9-13(18)10-20(16)15-6-7-15/h3-5,8-11,15H,6-7H2,1-2H3,(H,19,21). The van der Waals surface area contributed by atoms with Crippen molar-refractivity contribution in [3.63, 3.8) is 0 Å². The topological polar surface area (TPSA) is 34.0 Å². The summed E-state index contributed by atoms with van der Waals surface area (Å²) in [5.41, 5.74) is 2.80. The molecule has 1 aliphatic carbocycles. The molecule has 1 heterocycles. The number of anilines is 1. The number of nitrogens with one attached hydrogen (secondary N) is 1. The van der Waals surface area contributed by atoms with Gasteiger partial charge in [-0.05, 0) is 58.5 Å². The van der Waals surface area contributed by atoms with Crippen LogP contribution >= 0.6 is 15.9 Å². The van der Waals surface area contributed by atoms with Crippen molar-refractivity contribution in [2.24, 2.45) is 0 Å². The van der Waals surface area contributed by atoms with Crippen LogP contribution in [-0.2, 0) is 0 Å². The Morgan fingerprint density at radius 3 is 2.76 bits per heavy atom. The first kappa shape index (κ1) is 14.4. The Labute approximate surface area is 133 Å². The van der Waals surface area contributed by atoms with Crippen molar-refractivity contribution in [2.75, 3.05) is 5.32 Å². The van der Waals surface area contributed by atoms with Crippen molar-refractivity contribution in [3.05, 3.63) is 52.3 Å². The van der Waals surface area contributed by atoms with Gasteiger partial charge in [0.05, 0.1) is 0 Å². The Morgan fingerprint density at radius 2 is 2.10 bits per heavy atom. The lowest BCUT2D eigenvalue weighted by atomic mass is 10.0. The highest BCUT2D eigenvalue weighted by atomic mass is 79.9. The fourth-order valence-corrected chi connectivity index (χ4v) is 2.89. The molecule has 0 atom stereocenters. The first-order valence-electron chi connectivity index (χ1n) is 7.33. The third-order valence-corrected chi connectivity index (χ3v) is 4.23. The number of carbonyl (C=O) groups is 1. The molecule has 1 N–H and O–H groups in total. The molecule has 0 radical (unpaired) electrons. The van der Waals surface area contributed by atoms with Crippen LogP contribution in [0.2, 0.25) is 0 Å². The molecule has 1 fully saturated rings. The van der Waals surface area contributed by atoms with Crippen molar-refractivity contribution in [1.82, 2.24) is 4.57 Å². The van der Waals surface area contributed by atoms with E-state index in [1.165, 1.54) is 5.56 Å². The van der Waals surface area contributed by atoms with Crippen molar-refractivity contribution in [3.8, 4) is 0 Å². The molecule has 1 aliphatic rings. The minimum absolute atomic E-state index is 0.0477. The van der Waals surface area contributed by atoms with E-state index in [2.05, 4.69) is 45.7 Å². The normalized spacial score (nSPS) is 14.5. The smallest absolute Gasteiger partial charge is 0.272 e.